The Balaban J connectivity index is 1.97. The van der Waals surface area contributed by atoms with Gasteiger partial charge in [-0.15, -0.1) is 0 Å². The number of aromatic nitrogens is 3. The summed E-state index contributed by atoms with van der Waals surface area (Å²) in [6.07, 6.45) is -0.971. The second-order valence-corrected chi connectivity index (χ2v) is 9.08. The van der Waals surface area contributed by atoms with E-state index in [4.69, 9.17) is 19.4 Å². The lowest BCUT2D eigenvalue weighted by molar-refractivity contribution is -0.138. The fraction of sp³-hybridized carbons (Fsp3) is 0.238. The molecule has 1 aliphatic heterocycles. The molecule has 8 nitrogen and oxygen atoms in total. The lowest BCUT2D eigenvalue weighted by Gasteiger charge is -2.17. The molecule has 3 N–H and O–H groups in total. The monoisotopic (exact) mass is 479 g/mol. The van der Waals surface area contributed by atoms with Crippen LogP contribution in [-0.2, 0) is 16.1 Å². The van der Waals surface area contributed by atoms with Crippen LogP contribution in [0.25, 0.3) is 22.9 Å². The van der Waals surface area contributed by atoms with Gasteiger partial charge in [0.25, 0.3) is 0 Å². The molecule has 1 aromatic carbocycles. The Bertz CT molecular complexity index is 1380. The highest BCUT2D eigenvalue weighted by atomic mass is 32.2. The molecular formula is C21H20F3N5O3S. The quantitative estimate of drug-likeness (QED) is 0.578. The van der Waals surface area contributed by atoms with Gasteiger partial charge >= 0.3 is 6.18 Å². The van der Waals surface area contributed by atoms with Gasteiger partial charge in [-0.3, -0.25) is 0 Å². The van der Waals surface area contributed by atoms with E-state index in [-0.39, 0.29) is 16.3 Å². The van der Waals surface area contributed by atoms with Crippen molar-refractivity contribution in [2.75, 3.05) is 7.11 Å². The van der Waals surface area contributed by atoms with E-state index in [9.17, 15) is 17.4 Å². The van der Waals surface area contributed by atoms with Crippen LogP contribution in [0.3, 0.4) is 0 Å². The molecule has 4 rings (SSSR count). The van der Waals surface area contributed by atoms with Crippen LogP contribution in [-0.4, -0.2) is 32.2 Å². The Morgan fingerprint density at radius 3 is 2.70 bits per heavy atom. The Morgan fingerprint density at radius 2 is 2.06 bits per heavy atom. The molecule has 1 aliphatic rings. The van der Waals surface area contributed by atoms with E-state index >= 15 is 0 Å². The molecule has 33 heavy (non-hydrogen) atoms. The molecule has 3 aromatic rings. The predicted octanol–water partition coefficient (Wildman–Crippen LogP) is 4.34. The van der Waals surface area contributed by atoms with Crippen LogP contribution in [0, 0.1) is 11.7 Å². The number of pyridine rings is 1. The molecular weight excluding hydrogens is 459 g/mol. The number of halogens is 3. The predicted molar refractivity (Wildman–Crippen MR) is 116 cm³/mol. The van der Waals surface area contributed by atoms with Gasteiger partial charge in [-0.1, -0.05) is 6.07 Å². The maximum Gasteiger partial charge on any atom is 0.416 e. The Morgan fingerprint density at radius 1 is 1.33 bits per heavy atom. The summed E-state index contributed by atoms with van der Waals surface area (Å²) in [7, 11) is -2.16. The van der Waals surface area contributed by atoms with Crippen molar-refractivity contribution >= 4 is 21.7 Å². The molecule has 0 saturated carbocycles. The zero-order valence-corrected chi connectivity index (χ0v) is 18.6. The van der Waals surface area contributed by atoms with E-state index in [0.29, 0.717) is 28.3 Å². The van der Waals surface area contributed by atoms with E-state index in [2.05, 4.69) is 10.1 Å². The van der Waals surface area contributed by atoms with Crippen molar-refractivity contribution in [3.63, 3.8) is 0 Å². The van der Waals surface area contributed by atoms with E-state index in [1.165, 1.54) is 31.0 Å². The third-order valence-corrected chi connectivity index (χ3v) is 6.27. The maximum absolute atomic E-state index is 13.7. The van der Waals surface area contributed by atoms with Gasteiger partial charge in [0.1, 0.15) is 20.9 Å². The number of fused-ring (bicyclic) bond motifs is 1. The Kier molecular flexibility index (Phi) is 5.45. The van der Waals surface area contributed by atoms with Crippen LogP contribution in [0.1, 0.15) is 23.6 Å². The summed E-state index contributed by atoms with van der Waals surface area (Å²) in [6, 6.07) is 5.72. The Labute approximate surface area is 187 Å². The number of nitrogens with one attached hydrogen (secondary N) is 1. The maximum atomic E-state index is 13.7. The third-order valence-electron chi connectivity index (χ3n) is 5.34. The van der Waals surface area contributed by atoms with Crippen LogP contribution < -0.4 is 14.6 Å². The number of nitrogens with two attached hydrogens (primary N) is 1. The molecule has 3 heterocycles. The highest BCUT2D eigenvalue weighted by molar-refractivity contribution is 7.90. The summed E-state index contributed by atoms with van der Waals surface area (Å²) in [5.74, 6) is 0.349. The van der Waals surface area contributed by atoms with Gasteiger partial charge in [0.2, 0.25) is 11.8 Å². The molecule has 2 atom stereocenters. The van der Waals surface area contributed by atoms with Crippen molar-refractivity contribution in [3.8, 4) is 22.9 Å². The minimum absolute atomic E-state index is 0.0134. The molecule has 0 fully saturated rings. The first-order valence-electron chi connectivity index (χ1n) is 9.66. The molecule has 0 saturated heterocycles. The summed E-state index contributed by atoms with van der Waals surface area (Å²) >= 11 is 0. The molecule has 0 radical (unpaired) electrons. The summed E-state index contributed by atoms with van der Waals surface area (Å²) in [5, 5.41) is 9.55. The van der Waals surface area contributed by atoms with E-state index < -0.39 is 27.8 Å². The normalized spacial score (nSPS) is 18.6. The number of rotatable bonds is 4. The second kappa shape index (κ2) is 7.89. The number of nitrogens with zero attached hydrogens (tertiary/aromatic N) is 3. The standard InChI is InChI=1S/C21H20F3N5O3S/c1-11-15(9-17-12(2)32-20-18(33(25,26)30)10-28-29(17)20)14(4-5-16(11)21(22,23)24)13-6-7-27-19(8-13)31-3/h4-10,12H,1-3H3,(H3,25,26,30)/b17-9-. The number of alkyl halides is 3. The molecule has 0 amide bonds. The first kappa shape index (κ1) is 22.8. The number of ether oxygens (including phenoxy) is 2. The van der Waals surface area contributed by atoms with Crippen LogP contribution in [0.4, 0.5) is 13.2 Å². The van der Waals surface area contributed by atoms with Crippen LogP contribution in [0.2, 0.25) is 0 Å². The number of benzene rings is 1. The number of hydrogen-bond acceptors (Lipinski definition) is 6. The molecule has 0 bridgehead atoms. The summed E-state index contributed by atoms with van der Waals surface area (Å²) in [5.41, 5.74) is 1.07. The molecule has 12 heteroatoms. The van der Waals surface area contributed by atoms with Gasteiger partial charge in [-0.2, -0.15) is 18.3 Å². The summed E-state index contributed by atoms with van der Waals surface area (Å²) in [4.78, 5) is 3.97. The zero-order valence-electron chi connectivity index (χ0n) is 17.8. The van der Waals surface area contributed by atoms with Gasteiger partial charge in [0.05, 0.1) is 24.6 Å². The fourth-order valence-corrected chi connectivity index (χ4v) is 4.31. The van der Waals surface area contributed by atoms with Crippen LogP contribution in [0.5, 0.6) is 11.8 Å². The van der Waals surface area contributed by atoms with Crippen molar-refractivity contribution in [2.45, 2.75) is 31.0 Å². The average Bonchev–Trinajstić information content (AvgIpc) is 3.27. The van der Waals surface area contributed by atoms with Crippen LogP contribution in [0.15, 0.2) is 41.6 Å². The van der Waals surface area contributed by atoms with Gasteiger partial charge < -0.3 is 9.47 Å². The molecule has 2 aromatic heterocycles. The minimum Gasteiger partial charge on any atom is -0.481 e. The molecule has 2 unspecified atom stereocenters. The van der Waals surface area contributed by atoms with Gasteiger partial charge in [0.15, 0.2) is 0 Å². The first-order valence-corrected chi connectivity index (χ1v) is 11.3. The number of methoxy groups -OCH3 is 1. The average molecular weight is 479 g/mol. The molecule has 174 valence electrons. The van der Waals surface area contributed by atoms with Crippen molar-refractivity contribution < 1.29 is 26.9 Å². The topological polar surface area (TPSA) is 116 Å². The van der Waals surface area contributed by atoms with Gasteiger partial charge in [0, 0.05) is 12.3 Å². The lowest BCUT2D eigenvalue weighted by Crippen LogP contribution is -2.13. The van der Waals surface area contributed by atoms with Gasteiger partial charge in [-0.05, 0) is 54.3 Å². The largest absolute Gasteiger partial charge is 0.481 e. The minimum atomic E-state index is -4.55. The first-order chi connectivity index (χ1) is 15.4. The molecule has 0 spiro atoms. The lowest BCUT2D eigenvalue weighted by atomic mass is 9.91. The smallest absolute Gasteiger partial charge is 0.416 e. The van der Waals surface area contributed by atoms with Crippen molar-refractivity contribution in [1.82, 2.24) is 14.8 Å². The van der Waals surface area contributed by atoms with E-state index in [1.807, 2.05) is 0 Å². The molecule has 0 aliphatic carbocycles. The summed E-state index contributed by atoms with van der Waals surface area (Å²) < 4.78 is 72.9. The fourth-order valence-electron chi connectivity index (χ4n) is 3.71. The Hall–Kier alpha value is -3.38. The highest BCUT2D eigenvalue weighted by Crippen LogP contribution is 2.41. The van der Waals surface area contributed by atoms with Crippen LogP contribution >= 0.6 is 0 Å². The van der Waals surface area contributed by atoms with E-state index in [0.717, 1.165) is 12.3 Å². The number of hydrogen-bond donors (Lipinski definition) is 2. The second-order valence-electron chi connectivity index (χ2n) is 7.44. The highest BCUT2D eigenvalue weighted by Gasteiger charge is 2.35. The zero-order chi connectivity index (χ0) is 24.1. The van der Waals surface area contributed by atoms with Gasteiger partial charge in [-0.25, -0.2) is 23.8 Å². The van der Waals surface area contributed by atoms with Crippen molar-refractivity contribution in [3.05, 3.63) is 53.3 Å². The third kappa shape index (κ3) is 4.07. The van der Waals surface area contributed by atoms with Crippen molar-refractivity contribution in [1.29, 1.82) is 4.78 Å². The summed E-state index contributed by atoms with van der Waals surface area (Å²) in [6.45, 7) is 3.06. The van der Waals surface area contributed by atoms with E-state index in [1.54, 1.807) is 25.1 Å². The SMILES string of the molecule is COc1cc(-c2ccc(C(F)(F)F)c(C)c2/C=C2/C(C)Oc3c(S(=N)(N)=O)cnn32)ccn1. The van der Waals surface area contributed by atoms with Crippen molar-refractivity contribution in [2.24, 2.45) is 5.14 Å².